The van der Waals surface area contributed by atoms with Gasteiger partial charge in [-0.3, -0.25) is 14.7 Å². The Morgan fingerprint density at radius 2 is 2.00 bits per heavy atom. The molecule has 1 aliphatic heterocycles. The SMILES string of the molecule is CN(C)c1nc2c(c(=O)[nH]1)CCN(Cc1cccc(F)c1F)CC2. The molecule has 1 N–H and O–H groups in total. The maximum absolute atomic E-state index is 13.9. The van der Waals surface area contributed by atoms with E-state index in [9.17, 15) is 13.6 Å². The van der Waals surface area contributed by atoms with Crippen LogP contribution in [-0.4, -0.2) is 42.1 Å². The van der Waals surface area contributed by atoms with Crippen molar-refractivity contribution in [3.05, 3.63) is 57.0 Å². The van der Waals surface area contributed by atoms with Gasteiger partial charge in [-0.2, -0.15) is 0 Å². The van der Waals surface area contributed by atoms with Crippen molar-refractivity contribution in [2.75, 3.05) is 32.1 Å². The Morgan fingerprint density at radius 3 is 2.75 bits per heavy atom. The molecule has 2 aromatic rings. The van der Waals surface area contributed by atoms with Gasteiger partial charge in [-0.15, -0.1) is 0 Å². The summed E-state index contributed by atoms with van der Waals surface area (Å²) in [6, 6.07) is 4.21. The first-order valence-electron chi connectivity index (χ1n) is 7.90. The Kier molecular flexibility index (Phi) is 4.62. The van der Waals surface area contributed by atoms with Crippen molar-refractivity contribution in [1.82, 2.24) is 14.9 Å². The predicted octanol–water partition coefficient (Wildman–Crippen LogP) is 1.71. The summed E-state index contributed by atoms with van der Waals surface area (Å²) in [7, 11) is 3.64. The molecule has 24 heavy (non-hydrogen) atoms. The van der Waals surface area contributed by atoms with Crippen LogP contribution in [-0.2, 0) is 19.4 Å². The zero-order valence-corrected chi connectivity index (χ0v) is 13.8. The number of hydrogen-bond donors (Lipinski definition) is 1. The molecule has 0 radical (unpaired) electrons. The lowest BCUT2D eigenvalue weighted by Gasteiger charge is -2.19. The molecular weight excluding hydrogens is 314 g/mol. The molecule has 0 fully saturated rings. The van der Waals surface area contributed by atoms with Gasteiger partial charge < -0.3 is 4.90 Å². The van der Waals surface area contributed by atoms with Crippen molar-refractivity contribution in [1.29, 1.82) is 0 Å². The maximum atomic E-state index is 13.9. The Hall–Kier alpha value is -2.28. The Labute approximate surface area is 138 Å². The van der Waals surface area contributed by atoms with E-state index in [1.807, 2.05) is 19.0 Å². The van der Waals surface area contributed by atoms with E-state index in [0.717, 1.165) is 11.8 Å². The van der Waals surface area contributed by atoms with Gasteiger partial charge in [0.05, 0.1) is 5.69 Å². The summed E-state index contributed by atoms with van der Waals surface area (Å²) in [5.41, 5.74) is 1.67. The molecular formula is C17H20F2N4O. The molecule has 0 amide bonds. The third kappa shape index (κ3) is 3.31. The molecule has 0 spiro atoms. The number of fused-ring (bicyclic) bond motifs is 1. The summed E-state index contributed by atoms with van der Waals surface area (Å²) >= 11 is 0. The first kappa shape index (κ1) is 16.6. The van der Waals surface area contributed by atoms with E-state index in [2.05, 4.69) is 9.97 Å². The number of nitrogens with one attached hydrogen (secondary N) is 1. The van der Waals surface area contributed by atoms with Crippen molar-refractivity contribution >= 4 is 5.95 Å². The minimum atomic E-state index is -0.834. The fraction of sp³-hybridized carbons (Fsp3) is 0.412. The van der Waals surface area contributed by atoms with E-state index >= 15 is 0 Å². The topological polar surface area (TPSA) is 52.2 Å². The van der Waals surface area contributed by atoms with Crippen LogP contribution in [0.2, 0.25) is 0 Å². The van der Waals surface area contributed by atoms with Crippen LogP contribution < -0.4 is 10.5 Å². The van der Waals surface area contributed by atoms with Gasteiger partial charge in [-0.05, 0) is 12.5 Å². The molecule has 0 unspecified atom stereocenters. The third-order valence-corrected chi connectivity index (χ3v) is 4.28. The van der Waals surface area contributed by atoms with Gasteiger partial charge in [-0.25, -0.2) is 13.8 Å². The lowest BCUT2D eigenvalue weighted by Crippen LogP contribution is -2.27. The average Bonchev–Trinajstić information content (AvgIpc) is 2.75. The van der Waals surface area contributed by atoms with Gasteiger partial charge in [-0.1, -0.05) is 12.1 Å². The van der Waals surface area contributed by atoms with E-state index < -0.39 is 11.6 Å². The number of rotatable bonds is 3. The van der Waals surface area contributed by atoms with Gasteiger partial charge in [0.25, 0.3) is 5.56 Å². The first-order chi connectivity index (χ1) is 11.5. The molecule has 1 aliphatic rings. The second-order valence-corrected chi connectivity index (χ2v) is 6.20. The van der Waals surface area contributed by atoms with E-state index in [1.54, 1.807) is 11.0 Å². The van der Waals surface area contributed by atoms with Crippen molar-refractivity contribution in [3.63, 3.8) is 0 Å². The van der Waals surface area contributed by atoms with Crippen LogP contribution in [0.1, 0.15) is 16.8 Å². The highest BCUT2D eigenvalue weighted by atomic mass is 19.2. The Balaban J connectivity index is 1.79. The molecule has 7 heteroatoms. The van der Waals surface area contributed by atoms with Crippen LogP contribution in [0.3, 0.4) is 0 Å². The van der Waals surface area contributed by atoms with E-state index in [-0.39, 0.29) is 5.56 Å². The summed E-state index contributed by atoms with van der Waals surface area (Å²) in [5.74, 6) is -1.10. The molecule has 5 nitrogen and oxygen atoms in total. The number of H-pyrrole nitrogens is 1. The molecule has 3 rings (SSSR count). The highest BCUT2D eigenvalue weighted by molar-refractivity contribution is 5.32. The number of nitrogens with zero attached hydrogens (tertiary/aromatic N) is 3. The number of aromatic nitrogens is 2. The molecule has 0 aliphatic carbocycles. The fourth-order valence-electron chi connectivity index (χ4n) is 2.92. The van der Waals surface area contributed by atoms with Crippen LogP contribution >= 0.6 is 0 Å². The predicted molar refractivity (Wildman–Crippen MR) is 88.2 cm³/mol. The number of benzene rings is 1. The van der Waals surface area contributed by atoms with Gasteiger partial charge in [0, 0.05) is 51.3 Å². The highest BCUT2D eigenvalue weighted by Crippen LogP contribution is 2.17. The number of aromatic amines is 1. The van der Waals surface area contributed by atoms with Crippen LogP contribution in [0.25, 0.3) is 0 Å². The molecule has 0 saturated heterocycles. The van der Waals surface area contributed by atoms with Crippen LogP contribution in [0.5, 0.6) is 0 Å². The van der Waals surface area contributed by atoms with Crippen LogP contribution in [0.15, 0.2) is 23.0 Å². The molecule has 0 atom stereocenters. The van der Waals surface area contributed by atoms with Gasteiger partial charge >= 0.3 is 0 Å². The standard InChI is InChI=1S/C17H20F2N4O/c1-22(2)17-20-14-7-9-23(8-6-12(14)16(24)21-17)10-11-4-3-5-13(18)15(11)19/h3-5H,6-10H2,1-2H3,(H,20,21,24). The summed E-state index contributed by atoms with van der Waals surface area (Å²) in [5, 5.41) is 0. The summed E-state index contributed by atoms with van der Waals surface area (Å²) in [4.78, 5) is 23.3. The smallest absolute Gasteiger partial charge is 0.255 e. The second-order valence-electron chi connectivity index (χ2n) is 6.20. The summed E-state index contributed by atoms with van der Waals surface area (Å²) in [6.45, 7) is 1.57. The van der Waals surface area contributed by atoms with E-state index in [0.29, 0.717) is 49.6 Å². The van der Waals surface area contributed by atoms with Gasteiger partial charge in [0.1, 0.15) is 0 Å². The molecule has 0 saturated carbocycles. The fourth-order valence-corrected chi connectivity index (χ4v) is 2.92. The number of halogens is 2. The first-order valence-corrected chi connectivity index (χ1v) is 7.90. The summed E-state index contributed by atoms with van der Waals surface area (Å²) in [6.07, 6.45) is 1.15. The van der Waals surface area contributed by atoms with Gasteiger partial charge in [0.2, 0.25) is 5.95 Å². The van der Waals surface area contributed by atoms with Crippen molar-refractivity contribution in [2.45, 2.75) is 19.4 Å². The molecule has 2 heterocycles. The molecule has 1 aromatic heterocycles. The van der Waals surface area contributed by atoms with Crippen molar-refractivity contribution < 1.29 is 8.78 Å². The molecule has 1 aromatic carbocycles. The van der Waals surface area contributed by atoms with Crippen LogP contribution in [0, 0.1) is 11.6 Å². The average molecular weight is 334 g/mol. The minimum Gasteiger partial charge on any atom is -0.348 e. The quantitative estimate of drug-likeness (QED) is 0.929. The minimum absolute atomic E-state index is 0.123. The van der Waals surface area contributed by atoms with Crippen LogP contribution in [0.4, 0.5) is 14.7 Å². The Bertz CT molecular complexity index is 804. The van der Waals surface area contributed by atoms with Crippen molar-refractivity contribution in [3.8, 4) is 0 Å². The number of anilines is 1. The van der Waals surface area contributed by atoms with E-state index in [1.165, 1.54) is 6.07 Å². The largest absolute Gasteiger partial charge is 0.348 e. The molecule has 128 valence electrons. The zero-order chi connectivity index (χ0) is 17.3. The van der Waals surface area contributed by atoms with Gasteiger partial charge in [0.15, 0.2) is 11.6 Å². The zero-order valence-electron chi connectivity index (χ0n) is 13.8. The van der Waals surface area contributed by atoms with Crippen molar-refractivity contribution in [2.24, 2.45) is 0 Å². The third-order valence-electron chi connectivity index (χ3n) is 4.28. The lowest BCUT2D eigenvalue weighted by atomic mass is 10.1. The number of hydrogen-bond acceptors (Lipinski definition) is 4. The lowest BCUT2D eigenvalue weighted by molar-refractivity contribution is 0.273. The van der Waals surface area contributed by atoms with E-state index in [4.69, 9.17) is 0 Å². The monoisotopic (exact) mass is 334 g/mol. The highest BCUT2D eigenvalue weighted by Gasteiger charge is 2.20. The Morgan fingerprint density at radius 1 is 1.25 bits per heavy atom. The maximum Gasteiger partial charge on any atom is 0.255 e. The second kappa shape index (κ2) is 6.68. The molecule has 0 bridgehead atoms. The summed E-state index contributed by atoms with van der Waals surface area (Å²) < 4.78 is 27.2. The normalized spacial score (nSPS) is 15.0.